The highest BCUT2D eigenvalue weighted by Crippen LogP contribution is 2.56. The van der Waals surface area contributed by atoms with Crippen LogP contribution < -0.4 is 5.32 Å². The van der Waals surface area contributed by atoms with Crippen molar-refractivity contribution in [1.82, 2.24) is 5.32 Å². The Balaban J connectivity index is 1.60. The van der Waals surface area contributed by atoms with E-state index in [0.717, 1.165) is 35.6 Å². The van der Waals surface area contributed by atoms with Crippen LogP contribution in [0.5, 0.6) is 0 Å². The van der Waals surface area contributed by atoms with Crippen molar-refractivity contribution in [1.29, 1.82) is 0 Å². The lowest BCUT2D eigenvalue weighted by atomic mass is 9.74. The molecule has 0 aromatic heterocycles. The summed E-state index contributed by atoms with van der Waals surface area (Å²) in [6.07, 6.45) is 10.6. The van der Waals surface area contributed by atoms with Crippen LogP contribution in [-0.2, 0) is 0 Å². The second-order valence-corrected chi connectivity index (χ2v) is 6.83. The molecule has 0 saturated heterocycles. The molecular weight excluding hydrogens is 194 g/mol. The molecule has 0 aliphatic heterocycles. The highest BCUT2D eigenvalue weighted by molar-refractivity contribution is 5.00. The fraction of sp³-hybridized carbons (Fsp3) is 1.00. The summed E-state index contributed by atoms with van der Waals surface area (Å²) >= 11 is 0. The van der Waals surface area contributed by atoms with Crippen LogP contribution in [0.25, 0.3) is 0 Å². The Bertz CT molecular complexity index is 240. The van der Waals surface area contributed by atoms with Gasteiger partial charge in [0.1, 0.15) is 0 Å². The van der Waals surface area contributed by atoms with Crippen LogP contribution in [0.4, 0.5) is 0 Å². The first-order valence-corrected chi connectivity index (χ1v) is 7.45. The van der Waals surface area contributed by atoms with Crippen molar-refractivity contribution in [2.24, 2.45) is 29.6 Å². The van der Waals surface area contributed by atoms with E-state index in [2.05, 4.69) is 19.3 Å². The lowest BCUT2D eigenvalue weighted by Gasteiger charge is -2.37. The maximum atomic E-state index is 3.68. The maximum Gasteiger partial charge on any atom is 0.0121 e. The molecule has 0 amide bonds. The predicted octanol–water partition coefficient (Wildman–Crippen LogP) is 3.45. The summed E-state index contributed by atoms with van der Waals surface area (Å²) in [7, 11) is 2.20. The number of rotatable bonds is 3. The van der Waals surface area contributed by atoms with E-state index in [1.165, 1.54) is 25.7 Å². The van der Waals surface area contributed by atoms with Crippen molar-refractivity contribution < 1.29 is 0 Å². The van der Waals surface area contributed by atoms with Gasteiger partial charge in [0.05, 0.1) is 0 Å². The van der Waals surface area contributed by atoms with Crippen LogP contribution in [0.1, 0.15) is 51.9 Å². The van der Waals surface area contributed by atoms with Crippen LogP contribution in [0.3, 0.4) is 0 Å². The molecule has 0 bridgehead atoms. The van der Waals surface area contributed by atoms with E-state index < -0.39 is 0 Å². The summed E-state index contributed by atoms with van der Waals surface area (Å²) in [4.78, 5) is 0. The van der Waals surface area contributed by atoms with Gasteiger partial charge in [-0.2, -0.15) is 0 Å². The molecule has 1 heteroatoms. The maximum absolute atomic E-state index is 3.68. The lowest BCUT2D eigenvalue weighted by Crippen LogP contribution is -2.41. The molecule has 0 aromatic rings. The molecule has 3 saturated carbocycles. The van der Waals surface area contributed by atoms with Gasteiger partial charge in [-0.05, 0) is 68.7 Å². The van der Waals surface area contributed by atoms with Crippen LogP contribution >= 0.6 is 0 Å². The molecule has 92 valence electrons. The van der Waals surface area contributed by atoms with E-state index >= 15 is 0 Å². The second kappa shape index (κ2) is 4.33. The molecule has 1 N–H and O–H groups in total. The third kappa shape index (κ3) is 2.03. The molecule has 3 rings (SSSR count). The van der Waals surface area contributed by atoms with Gasteiger partial charge in [-0.3, -0.25) is 0 Å². The monoisotopic (exact) mass is 221 g/mol. The largest absolute Gasteiger partial charge is 0.316 e. The summed E-state index contributed by atoms with van der Waals surface area (Å²) in [6.45, 7) is 2.45. The van der Waals surface area contributed by atoms with Gasteiger partial charge in [-0.15, -0.1) is 0 Å². The Morgan fingerprint density at radius 1 is 0.938 bits per heavy atom. The van der Waals surface area contributed by atoms with Crippen molar-refractivity contribution in [3.63, 3.8) is 0 Å². The van der Waals surface area contributed by atoms with Crippen LogP contribution in [0, 0.1) is 29.6 Å². The summed E-state index contributed by atoms with van der Waals surface area (Å²) in [5.41, 5.74) is 0. The Morgan fingerprint density at radius 3 is 2.31 bits per heavy atom. The lowest BCUT2D eigenvalue weighted by molar-refractivity contribution is 0.178. The van der Waals surface area contributed by atoms with E-state index in [0.29, 0.717) is 0 Å². The van der Waals surface area contributed by atoms with E-state index in [-0.39, 0.29) is 0 Å². The normalized spacial score (nSPS) is 48.8. The van der Waals surface area contributed by atoms with Gasteiger partial charge in [-0.1, -0.05) is 19.8 Å². The smallest absolute Gasteiger partial charge is 0.0121 e. The molecule has 3 aliphatic carbocycles. The summed E-state index contributed by atoms with van der Waals surface area (Å²) in [6, 6.07) is 0.843. The first kappa shape index (κ1) is 11.1. The van der Waals surface area contributed by atoms with Crippen LogP contribution in [-0.4, -0.2) is 13.1 Å². The Morgan fingerprint density at radius 2 is 1.69 bits per heavy atom. The van der Waals surface area contributed by atoms with Gasteiger partial charge >= 0.3 is 0 Å². The van der Waals surface area contributed by atoms with Crippen LogP contribution in [0.15, 0.2) is 0 Å². The average Bonchev–Trinajstić information content (AvgIpc) is 2.88. The molecule has 1 nitrogen and oxygen atoms in total. The molecular formula is C15H27N. The third-order valence-electron chi connectivity index (χ3n) is 5.61. The number of fused-ring (bicyclic) bond motifs is 1. The Hall–Kier alpha value is -0.0400. The standard InChI is InChI=1S/C15H27N/c1-10-4-3-5-11(6-10)15(16-2)14-8-12-7-13(12)9-14/h10-16H,3-9H2,1-2H3. The topological polar surface area (TPSA) is 12.0 Å². The molecule has 0 radical (unpaired) electrons. The van der Waals surface area contributed by atoms with Crippen molar-refractivity contribution in [2.45, 2.75) is 57.9 Å². The number of hydrogen-bond donors (Lipinski definition) is 1. The Kier molecular flexibility index (Phi) is 2.99. The van der Waals surface area contributed by atoms with E-state index in [9.17, 15) is 0 Å². The van der Waals surface area contributed by atoms with E-state index in [1.54, 1.807) is 19.3 Å². The molecule has 0 spiro atoms. The summed E-state index contributed by atoms with van der Waals surface area (Å²) in [5.74, 6) is 5.26. The molecule has 16 heavy (non-hydrogen) atoms. The fourth-order valence-electron chi connectivity index (χ4n) is 4.72. The minimum absolute atomic E-state index is 0.843. The van der Waals surface area contributed by atoms with Crippen molar-refractivity contribution in [3.8, 4) is 0 Å². The zero-order valence-corrected chi connectivity index (χ0v) is 10.9. The first-order chi connectivity index (χ1) is 7.78. The molecule has 5 atom stereocenters. The highest BCUT2D eigenvalue weighted by Gasteiger charge is 2.48. The van der Waals surface area contributed by atoms with E-state index in [1.807, 2.05) is 0 Å². The molecule has 0 aromatic carbocycles. The van der Waals surface area contributed by atoms with Crippen molar-refractivity contribution in [2.75, 3.05) is 7.05 Å². The third-order valence-corrected chi connectivity index (χ3v) is 5.61. The Labute approximate surface area is 100 Å². The predicted molar refractivity (Wildman–Crippen MR) is 68.3 cm³/mol. The minimum atomic E-state index is 0.843. The van der Waals surface area contributed by atoms with Gasteiger partial charge in [0.15, 0.2) is 0 Å². The molecule has 0 heterocycles. The zero-order chi connectivity index (χ0) is 11.1. The second-order valence-electron chi connectivity index (χ2n) is 6.83. The highest BCUT2D eigenvalue weighted by atomic mass is 14.9. The average molecular weight is 221 g/mol. The summed E-state index contributed by atoms with van der Waals surface area (Å²) < 4.78 is 0. The van der Waals surface area contributed by atoms with Crippen molar-refractivity contribution in [3.05, 3.63) is 0 Å². The molecule has 5 unspecified atom stereocenters. The zero-order valence-electron chi connectivity index (χ0n) is 10.9. The number of nitrogens with one attached hydrogen (secondary N) is 1. The molecule has 3 aliphatic rings. The van der Waals surface area contributed by atoms with Gasteiger partial charge in [0.25, 0.3) is 0 Å². The van der Waals surface area contributed by atoms with Gasteiger partial charge in [-0.25, -0.2) is 0 Å². The minimum Gasteiger partial charge on any atom is -0.316 e. The number of hydrogen-bond acceptors (Lipinski definition) is 1. The first-order valence-electron chi connectivity index (χ1n) is 7.45. The van der Waals surface area contributed by atoms with Gasteiger partial charge in [0.2, 0.25) is 0 Å². The van der Waals surface area contributed by atoms with Gasteiger partial charge in [0, 0.05) is 6.04 Å². The quantitative estimate of drug-likeness (QED) is 0.769. The SMILES string of the molecule is CNC(C1CCCC(C)C1)C1CC2CC2C1. The van der Waals surface area contributed by atoms with E-state index in [4.69, 9.17) is 0 Å². The van der Waals surface area contributed by atoms with Crippen LogP contribution in [0.2, 0.25) is 0 Å². The van der Waals surface area contributed by atoms with Crippen molar-refractivity contribution >= 4 is 0 Å². The summed E-state index contributed by atoms with van der Waals surface area (Å²) in [5, 5.41) is 3.68. The fourth-order valence-corrected chi connectivity index (χ4v) is 4.72. The molecule has 3 fully saturated rings. The van der Waals surface area contributed by atoms with Gasteiger partial charge < -0.3 is 5.32 Å².